The fourth-order valence-electron chi connectivity index (χ4n) is 3.14. The number of hydrogen-bond acceptors (Lipinski definition) is 5. The summed E-state index contributed by atoms with van der Waals surface area (Å²) in [4.78, 5) is 30.7. The molecule has 3 rings (SSSR count). The predicted molar refractivity (Wildman–Crippen MR) is 98.4 cm³/mol. The van der Waals surface area contributed by atoms with Gasteiger partial charge in [-0.15, -0.1) is 11.3 Å². The largest absolute Gasteiger partial charge is 0.486 e. The standard InChI is InChI=1S/C19H21FN2O4S/c1-11-7-8-22(15(9-11)19(24)25)18(23)17-12(2)21-16(27-17)10-26-14-5-3-13(20)4-6-14/h3-6,11,15H,7-10H2,1-2H3,(H,24,25). The number of rotatable bonds is 5. The molecule has 2 atom stereocenters. The highest BCUT2D eigenvalue weighted by Crippen LogP contribution is 2.28. The van der Waals surface area contributed by atoms with E-state index in [0.717, 1.165) is 6.42 Å². The molecule has 0 aliphatic carbocycles. The van der Waals surface area contributed by atoms with Crippen molar-refractivity contribution in [2.75, 3.05) is 6.54 Å². The number of ether oxygens (including phenoxy) is 1. The average Bonchev–Trinajstić information content (AvgIpc) is 3.01. The third kappa shape index (κ3) is 4.44. The molecule has 1 fully saturated rings. The van der Waals surface area contributed by atoms with E-state index in [0.29, 0.717) is 34.3 Å². The number of likely N-dealkylation sites (tertiary alicyclic amines) is 1. The van der Waals surface area contributed by atoms with Crippen molar-refractivity contribution in [3.05, 3.63) is 45.7 Å². The van der Waals surface area contributed by atoms with Crippen molar-refractivity contribution in [1.82, 2.24) is 9.88 Å². The Morgan fingerprint density at radius 1 is 1.37 bits per heavy atom. The molecule has 0 radical (unpaired) electrons. The van der Waals surface area contributed by atoms with E-state index in [-0.39, 0.29) is 24.2 Å². The lowest BCUT2D eigenvalue weighted by molar-refractivity contribution is -0.144. The fraction of sp³-hybridized carbons (Fsp3) is 0.421. The topological polar surface area (TPSA) is 79.7 Å². The Bertz CT molecular complexity index is 837. The number of carbonyl (C=O) groups excluding carboxylic acids is 1. The molecule has 0 spiro atoms. The smallest absolute Gasteiger partial charge is 0.326 e. The molecule has 1 aliphatic heterocycles. The SMILES string of the molecule is Cc1nc(COc2ccc(F)cc2)sc1C(=O)N1CCC(C)CC1C(=O)O. The normalized spacial score (nSPS) is 19.7. The summed E-state index contributed by atoms with van der Waals surface area (Å²) in [5, 5.41) is 10.1. The lowest BCUT2D eigenvalue weighted by Gasteiger charge is -2.35. The number of carboxylic acids is 1. The number of carbonyl (C=O) groups is 2. The van der Waals surface area contributed by atoms with Crippen LogP contribution < -0.4 is 4.74 Å². The second-order valence-electron chi connectivity index (χ2n) is 6.75. The highest BCUT2D eigenvalue weighted by atomic mass is 32.1. The van der Waals surface area contributed by atoms with E-state index in [2.05, 4.69) is 4.98 Å². The van der Waals surface area contributed by atoms with Gasteiger partial charge in [0.25, 0.3) is 5.91 Å². The molecular formula is C19H21FN2O4S. The number of benzene rings is 1. The number of hydrogen-bond donors (Lipinski definition) is 1. The molecule has 1 aromatic carbocycles. The number of carboxylic acid groups (broad SMARTS) is 1. The molecule has 1 amide bonds. The summed E-state index contributed by atoms with van der Waals surface area (Å²) in [6.07, 6.45) is 1.24. The minimum absolute atomic E-state index is 0.157. The van der Waals surface area contributed by atoms with Crippen molar-refractivity contribution < 1.29 is 23.8 Å². The molecule has 0 bridgehead atoms. The molecule has 2 heterocycles. The molecule has 0 saturated carbocycles. The number of thiazole rings is 1. The van der Waals surface area contributed by atoms with Gasteiger partial charge in [0.05, 0.1) is 5.69 Å². The van der Waals surface area contributed by atoms with Crippen molar-refractivity contribution in [3.8, 4) is 5.75 Å². The number of piperidine rings is 1. The Morgan fingerprint density at radius 2 is 2.07 bits per heavy atom. The Labute approximate surface area is 160 Å². The molecule has 144 valence electrons. The zero-order valence-electron chi connectivity index (χ0n) is 15.1. The average molecular weight is 392 g/mol. The summed E-state index contributed by atoms with van der Waals surface area (Å²) >= 11 is 1.20. The summed E-state index contributed by atoms with van der Waals surface area (Å²) in [5.41, 5.74) is 0.561. The van der Waals surface area contributed by atoms with Crippen molar-refractivity contribution in [2.24, 2.45) is 5.92 Å². The Kier molecular flexibility index (Phi) is 5.74. The minimum Gasteiger partial charge on any atom is -0.486 e. The first-order chi connectivity index (χ1) is 12.8. The van der Waals surface area contributed by atoms with Crippen molar-refractivity contribution >= 4 is 23.2 Å². The van der Waals surface area contributed by atoms with Crippen LogP contribution in [0.4, 0.5) is 4.39 Å². The third-order valence-corrected chi connectivity index (χ3v) is 5.74. The number of aromatic nitrogens is 1. The number of halogens is 1. The summed E-state index contributed by atoms with van der Waals surface area (Å²) in [6.45, 7) is 4.31. The Morgan fingerprint density at radius 3 is 2.74 bits per heavy atom. The molecule has 2 unspecified atom stereocenters. The van der Waals surface area contributed by atoms with Gasteiger partial charge in [0, 0.05) is 6.54 Å². The minimum atomic E-state index is -0.975. The summed E-state index contributed by atoms with van der Waals surface area (Å²) in [5.74, 6) is -0.830. The van der Waals surface area contributed by atoms with E-state index in [9.17, 15) is 19.1 Å². The first-order valence-electron chi connectivity index (χ1n) is 8.73. The van der Waals surface area contributed by atoms with E-state index < -0.39 is 12.0 Å². The van der Waals surface area contributed by atoms with E-state index in [1.54, 1.807) is 6.92 Å². The van der Waals surface area contributed by atoms with Gasteiger partial charge in [-0.3, -0.25) is 4.79 Å². The quantitative estimate of drug-likeness (QED) is 0.843. The van der Waals surface area contributed by atoms with Crippen LogP contribution in [0.1, 0.15) is 40.1 Å². The number of aliphatic carboxylic acids is 1. The van der Waals surface area contributed by atoms with Crippen molar-refractivity contribution in [2.45, 2.75) is 39.3 Å². The van der Waals surface area contributed by atoms with Crippen LogP contribution in [0.25, 0.3) is 0 Å². The third-order valence-electron chi connectivity index (χ3n) is 4.62. The predicted octanol–water partition coefficient (Wildman–Crippen LogP) is 3.49. The summed E-state index contributed by atoms with van der Waals surface area (Å²) in [6, 6.07) is 4.85. The maximum atomic E-state index is 12.9. The van der Waals surface area contributed by atoms with Crippen LogP contribution in [0, 0.1) is 18.7 Å². The van der Waals surface area contributed by atoms with Gasteiger partial charge in [0.15, 0.2) is 0 Å². The zero-order chi connectivity index (χ0) is 19.6. The number of nitrogens with zero attached hydrogens (tertiary/aromatic N) is 2. The van der Waals surface area contributed by atoms with Gasteiger partial charge in [-0.2, -0.15) is 0 Å². The Balaban J connectivity index is 1.72. The van der Waals surface area contributed by atoms with Crippen LogP contribution in [-0.4, -0.2) is 39.5 Å². The highest BCUT2D eigenvalue weighted by Gasteiger charge is 2.36. The van der Waals surface area contributed by atoms with Gasteiger partial charge in [0.2, 0.25) is 0 Å². The van der Waals surface area contributed by atoms with E-state index in [1.165, 1.54) is 40.5 Å². The highest BCUT2D eigenvalue weighted by molar-refractivity contribution is 7.13. The van der Waals surface area contributed by atoms with Gasteiger partial charge in [-0.25, -0.2) is 14.2 Å². The van der Waals surface area contributed by atoms with Gasteiger partial charge in [-0.1, -0.05) is 6.92 Å². The van der Waals surface area contributed by atoms with Crippen molar-refractivity contribution in [3.63, 3.8) is 0 Å². The lowest BCUT2D eigenvalue weighted by Crippen LogP contribution is -2.49. The van der Waals surface area contributed by atoms with Crippen LogP contribution in [-0.2, 0) is 11.4 Å². The second-order valence-corrected chi connectivity index (χ2v) is 7.83. The summed E-state index contributed by atoms with van der Waals surface area (Å²) < 4.78 is 18.5. The number of aryl methyl sites for hydroxylation is 1. The number of amides is 1. The van der Waals surface area contributed by atoms with Crippen LogP contribution >= 0.6 is 11.3 Å². The van der Waals surface area contributed by atoms with Gasteiger partial charge >= 0.3 is 5.97 Å². The molecule has 1 aliphatic rings. The molecule has 1 saturated heterocycles. The molecule has 2 aromatic rings. The monoisotopic (exact) mass is 392 g/mol. The summed E-state index contributed by atoms with van der Waals surface area (Å²) in [7, 11) is 0. The van der Waals surface area contributed by atoms with Crippen LogP contribution in [0.3, 0.4) is 0 Å². The van der Waals surface area contributed by atoms with Crippen LogP contribution in [0.15, 0.2) is 24.3 Å². The Hall–Kier alpha value is -2.48. The molecule has 8 heteroatoms. The second kappa shape index (κ2) is 8.04. The van der Waals surface area contributed by atoms with E-state index in [4.69, 9.17) is 4.74 Å². The molecular weight excluding hydrogens is 371 g/mol. The lowest BCUT2D eigenvalue weighted by atomic mass is 9.92. The van der Waals surface area contributed by atoms with Crippen molar-refractivity contribution in [1.29, 1.82) is 0 Å². The molecule has 1 N–H and O–H groups in total. The first kappa shape index (κ1) is 19.3. The van der Waals surface area contributed by atoms with Crippen LogP contribution in [0.2, 0.25) is 0 Å². The van der Waals surface area contributed by atoms with Crippen LogP contribution in [0.5, 0.6) is 5.75 Å². The molecule has 1 aromatic heterocycles. The maximum absolute atomic E-state index is 12.9. The zero-order valence-corrected chi connectivity index (χ0v) is 16.0. The van der Waals surface area contributed by atoms with Gasteiger partial charge < -0.3 is 14.7 Å². The van der Waals surface area contributed by atoms with E-state index >= 15 is 0 Å². The first-order valence-corrected chi connectivity index (χ1v) is 9.55. The maximum Gasteiger partial charge on any atom is 0.326 e. The van der Waals surface area contributed by atoms with E-state index in [1.807, 2.05) is 6.92 Å². The molecule has 6 nitrogen and oxygen atoms in total. The fourth-order valence-corrected chi connectivity index (χ4v) is 4.07. The van der Waals surface area contributed by atoms with Gasteiger partial charge in [0.1, 0.15) is 34.1 Å². The molecule has 27 heavy (non-hydrogen) atoms. The van der Waals surface area contributed by atoms with Gasteiger partial charge in [-0.05, 0) is 49.9 Å².